The van der Waals surface area contributed by atoms with Crippen LogP contribution in [-0.2, 0) is 34.3 Å². The highest BCUT2D eigenvalue weighted by Gasteiger charge is 2.29. The minimum absolute atomic E-state index is 0.0627. The van der Waals surface area contributed by atoms with Gasteiger partial charge >= 0.3 is 0 Å². The molecule has 3 amide bonds. The lowest BCUT2D eigenvalue weighted by Gasteiger charge is -2.27. The largest absolute Gasteiger partial charge is 0.376 e. The van der Waals surface area contributed by atoms with Gasteiger partial charge in [-0.15, -0.1) is 0 Å². The summed E-state index contributed by atoms with van der Waals surface area (Å²) in [6.45, 7) is 1.94. The number of ether oxygens (including phenoxy) is 1. The van der Waals surface area contributed by atoms with Crippen molar-refractivity contribution in [2.24, 2.45) is 7.05 Å². The second kappa shape index (κ2) is 10.1. The van der Waals surface area contributed by atoms with Crippen LogP contribution in [0, 0.1) is 5.82 Å². The maximum atomic E-state index is 13.4. The monoisotopic (exact) mass is 457 g/mol. The number of fused-ring (bicyclic) bond motifs is 1. The van der Waals surface area contributed by atoms with Crippen molar-refractivity contribution in [2.75, 3.05) is 25.0 Å². The van der Waals surface area contributed by atoms with Gasteiger partial charge < -0.3 is 20.3 Å². The maximum Gasteiger partial charge on any atom is 0.276 e. The van der Waals surface area contributed by atoms with Crippen LogP contribution in [0.1, 0.15) is 47.4 Å². The first-order valence-corrected chi connectivity index (χ1v) is 11.2. The SMILES string of the molecule is Cn1nc(C(=O)Nc2cccc(F)c2)c2c1CCN(C(=O)CCC(=O)NC[C@H]1CCCO1)C2. The minimum atomic E-state index is -0.458. The number of halogens is 1. The van der Waals surface area contributed by atoms with Crippen molar-refractivity contribution < 1.29 is 23.5 Å². The quantitative estimate of drug-likeness (QED) is 0.659. The molecule has 0 aliphatic carbocycles. The number of rotatable bonds is 7. The van der Waals surface area contributed by atoms with Gasteiger partial charge in [0, 0.05) is 69.5 Å². The normalized spacial score (nSPS) is 17.5. The fourth-order valence-corrected chi connectivity index (χ4v) is 4.24. The molecule has 0 radical (unpaired) electrons. The molecule has 2 aliphatic rings. The van der Waals surface area contributed by atoms with Crippen molar-refractivity contribution in [1.82, 2.24) is 20.0 Å². The van der Waals surface area contributed by atoms with E-state index in [1.54, 1.807) is 22.7 Å². The molecule has 1 saturated heterocycles. The van der Waals surface area contributed by atoms with Gasteiger partial charge in [0.15, 0.2) is 5.69 Å². The molecular weight excluding hydrogens is 429 g/mol. The van der Waals surface area contributed by atoms with E-state index >= 15 is 0 Å². The Morgan fingerprint density at radius 2 is 2.12 bits per heavy atom. The number of carbonyl (C=O) groups is 3. The number of aromatic nitrogens is 2. The third-order valence-corrected chi connectivity index (χ3v) is 6.01. The van der Waals surface area contributed by atoms with Crippen LogP contribution in [0.15, 0.2) is 24.3 Å². The van der Waals surface area contributed by atoms with Gasteiger partial charge in [-0.2, -0.15) is 5.10 Å². The Kier molecular flexibility index (Phi) is 7.02. The summed E-state index contributed by atoms with van der Waals surface area (Å²) in [5, 5.41) is 9.83. The Balaban J connectivity index is 1.34. The highest BCUT2D eigenvalue weighted by molar-refractivity contribution is 6.04. The second-order valence-electron chi connectivity index (χ2n) is 8.37. The Morgan fingerprint density at radius 1 is 1.27 bits per heavy atom. The fourth-order valence-electron chi connectivity index (χ4n) is 4.24. The molecule has 10 heteroatoms. The number of hydrogen-bond donors (Lipinski definition) is 2. The van der Waals surface area contributed by atoms with Gasteiger partial charge in [-0.25, -0.2) is 4.39 Å². The van der Waals surface area contributed by atoms with E-state index in [-0.39, 0.29) is 43.0 Å². The molecule has 1 aromatic heterocycles. The average molecular weight is 458 g/mol. The smallest absolute Gasteiger partial charge is 0.276 e. The van der Waals surface area contributed by atoms with Crippen LogP contribution in [0.4, 0.5) is 10.1 Å². The fraction of sp³-hybridized carbons (Fsp3) is 0.478. The molecule has 9 nitrogen and oxygen atoms in total. The summed E-state index contributed by atoms with van der Waals surface area (Å²) < 4.78 is 20.6. The molecule has 2 aromatic rings. The molecule has 0 spiro atoms. The van der Waals surface area contributed by atoms with Crippen LogP contribution in [0.3, 0.4) is 0 Å². The Labute approximate surface area is 191 Å². The molecule has 176 valence electrons. The summed E-state index contributed by atoms with van der Waals surface area (Å²) >= 11 is 0. The van der Waals surface area contributed by atoms with Crippen LogP contribution in [0.2, 0.25) is 0 Å². The topological polar surface area (TPSA) is 106 Å². The molecule has 1 atom stereocenters. The van der Waals surface area contributed by atoms with E-state index in [1.807, 2.05) is 0 Å². The van der Waals surface area contributed by atoms with E-state index in [1.165, 1.54) is 18.2 Å². The van der Waals surface area contributed by atoms with Gasteiger partial charge in [-0.1, -0.05) is 6.07 Å². The molecule has 2 aliphatic heterocycles. The first-order chi connectivity index (χ1) is 15.9. The lowest BCUT2D eigenvalue weighted by atomic mass is 10.0. The van der Waals surface area contributed by atoms with Crippen LogP contribution >= 0.6 is 0 Å². The van der Waals surface area contributed by atoms with E-state index in [9.17, 15) is 18.8 Å². The molecule has 0 saturated carbocycles. The van der Waals surface area contributed by atoms with Crippen molar-refractivity contribution >= 4 is 23.4 Å². The number of nitrogens with zero attached hydrogens (tertiary/aromatic N) is 3. The third-order valence-electron chi connectivity index (χ3n) is 6.01. The summed E-state index contributed by atoms with van der Waals surface area (Å²) in [4.78, 5) is 39.3. The Morgan fingerprint density at radius 3 is 2.88 bits per heavy atom. The number of anilines is 1. The van der Waals surface area contributed by atoms with Crippen LogP contribution in [0.5, 0.6) is 0 Å². The first kappa shape index (κ1) is 22.9. The molecule has 3 heterocycles. The van der Waals surface area contributed by atoms with Crippen LogP contribution < -0.4 is 10.6 Å². The standard InChI is InChI=1S/C23H28FN5O4/c1-28-19-9-10-29(21(31)8-7-20(30)25-13-17-6-3-11-33-17)14-18(19)22(27-28)23(32)26-16-5-2-4-15(24)12-16/h2,4-5,12,17H,3,6-11,13-14H2,1H3,(H,25,30)(H,26,32)/t17-/m1/s1. The van der Waals surface area contributed by atoms with Crippen molar-refractivity contribution in [3.8, 4) is 0 Å². The van der Waals surface area contributed by atoms with Crippen molar-refractivity contribution in [2.45, 2.75) is 44.8 Å². The van der Waals surface area contributed by atoms with Gasteiger partial charge in [0.1, 0.15) is 5.82 Å². The molecule has 1 fully saturated rings. The average Bonchev–Trinajstić information content (AvgIpc) is 3.44. The lowest BCUT2D eigenvalue weighted by molar-refractivity contribution is -0.134. The van der Waals surface area contributed by atoms with E-state index in [0.717, 1.165) is 25.1 Å². The number of nitrogens with one attached hydrogen (secondary N) is 2. The van der Waals surface area contributed by atoms with E-state index < -0.39 is 11.7 Å². The molecule has 4 rings (SSSR count). The molecule has 0 bridgehead atoms. The summed E-state index contributed by atoms with van der Waals surface area (Å²) in [6, 6.07) is 5.63. The van der Waals surface area contributed by atoms with Crippen molar-refractivity contribution in [3.05, 3.63) is 47.0 Å². The Hall–Kier alpha value is -3.27. The zero-order valence-electron chi connectivity index (χ0n) is 18.6. The number of aryl methyl sites for hydroxylation is 1. The van der Waals surface area contributed by atoms with Crippen molar-refractivity contribution in [1.29, 1.82) is 0 Å². The number of hydrogen-bond acceptors (Lipinski definition) is 5. The molecule has 2 N–H and O–H groups in total. The number of benzene rings is 1. The highest BCUT2D eigenvalue weighted by atomic mass is 19.1. The van der Waals surface area contributed by atoms with E-state index in [0.29, 0.717) is 30.8 Å². The third kappa shape index (κ3) is 5.57. The van der Waals surface area contributed by atoms with Gasteiger partial charge in [0.25, 0.3) is 5.91 Å². The first-order valence-electron chi connectivity index (χ1n) is 11.2. The van der Waals surface area contributed by atoms with Gasteiger partial charge in [-0.3, -0.25) is 19.1 Å². The second-order valence-corrected chi connectivity index (χ2v) is 8.37. The Bertz CT molecular complexity index is 1050. The predicted octanol–water partition coefficient (Wildman–Crippen LogP) is 1.77. The van der Waals surface area contributed by atoms with Crippen LogP contribution in [-0.4, -0.2) is 58.2 Å². The molecule has 33 heavy (non-hydrogen) atoms. The van der Waals surface area contributed by atoms with Gasteiger partial charge in [0.2, 0.25) is 11.8 Å². The highest BCUT2D eigenvalue weighted by Crippen LogP contribution is 2.24. The summed E-state index contributed by atoms with van der Waals surface area (Å²) in [7, 11) is 1.76. The zero-order chi connectivity index (χ0) is 23.4. The van der Waals surface area contributed by atoms with E-state index in [2.05, 4.69) is 15.7 Å². The molecule has 1 aromatic carbocycles. The van der Waals surface area contributed by atoms with E-state index in [4.69, 9.17) is 4.74 Å². The van der Waals surface area contributed by atoms with Crippen molar-refractivity contribution in [3.63, 3.8) is 0 Å². The maximum absolute atomic E-state index is 13.4. The zero-order valence-corrected chi connectivity index (χ0v) is 18.6. The number of amides is 3. The van der Waals surface area contributed by atoms with Gasteiger partial charge in [-0.05, 0) is 31.0 Å². The molecular formula is C23H28FN5O4. The summed E-state index contributed by atoms with van der Waals surface area (Å²) in [5.74, 6) is -1.23. The summed E-state index contributed by atoms with van der Waals surface area (Å²) in [6.07, 6.45) is 2.77. The van der Waals surface area contributed by atoms with Crippen LogP contribution in [0.25, 0.3) is 0 Å². The van der Waals surface area contributed by atoms with Gasteiger partial charge in [0.05, 0.1) is 6.10 Å². The lowest BCUT2D eigenvalue weighted by Crippen LogP contribution is -2.38. The minimum Gasteiger partial charge on any atom is -0.376 e. The molecule has 0 unspecified atom stereocenters. The summed E-state index contributed by atoms with van der Waals surface area (Å²) in [5.41, 5.74) is 2.10. The number of carbonyl (C=O) groups excluding carboxylic acids is 3. The predicted molar refractivity (Wildman–Crippen MR) is 118 cm³/mol.